The van der Waals surface area contributed by atoms with Gasteiger partial charge in [-0.15, -0.1) is 11.3 Å². The molecule has 3 heterocycles. The highest BCUT2D eigenvalue weighted by atomic mass is 32.1. The van der Waals surface area contributed by atoms with Crippen LogP contribution in [0.5, 0.6) is 0 Å². The summed E-state index contributed by atoms with van der Waals surface area (Å²) in [5, 5.41) is 20.0. The van der Waals surface area contributed by atoms with Crippen LogP contribution in [0.3, 0.4) is 0 Å². The molecule has 7 nitrogen and oxygen atoms in total. The smallest absolute Gasteiger partial charge is 0.227 e. The molecule has 1 unspecified atom stereocenters. The average molecular weight is 330 g/mol. The molecule has 8 heteroatoms. The fourth-order valence-electron chi connectivity index (χ4n) is 3.04. The van der Waals surface area contributed by atoms with E-state index in [1.807, 2.05) is 13.1 Å². The average Bonchev–Trinajstić information content (AvgIpc) is 3.13. The second-order valence-electron chi connectivity index (χ2n) is 5.96. The van der Waals surface area contributed by atoms with E-state index in [0.29, 0.717) is 23.3 Å². The van der Waals surface area contributed by atoms with Crippen molar-refractivity contribution in [1.29, 1.82) is 0 Å². The molecule has 0 radical (unpaired) electrons. The summed E-state index contributed by atoms with van der Waals surface area (Å²) in [6, 6.07) is 4.21. The molecule has 1 aliphatic carbocycles. The number of aliphatic hydroxyl groups excluding tert-OH is 1. The lowest BCUT2D eigenvalue weighted by atomic mass is 9.77. The molecule has 1 aliphatic rings. The summed E-state index contributed by atoms with van der Waals surface area (Å²) in [7, 11) is 1.83. The van der Waals surface area contributed by atoms with Crippen molar-refractivity contribution in [3.05, 3.63) is 28.6 Å². The number of nitrogens with zero attached hydrogens (tertiary/aromatic N) is 4. The van der Waals surface area contributed by atoms with Gasteiger partial charge in [0, 0.05) is 11.9 Å². The molecule has 4 rings (SSSR count). The molecule has 0 aromatic carbocycles. The Bertz CT molecular complexity index is 824. The minimum absolute atomic E-state index is 0.0866. The lowest BCUT2D eigenvalue weighted by molar-refractivity contribution is 0.0343. The van der Waals surface area contributed by atoms with Crippen molar-refractivity contribution in [3.63, 3.8) is 0 Å². The summed E-state index contributed by atoms with van der Waals surface area (Å²) in [5.41, 5.74) is 6.73. The van der Waals surface area contributed by atoms with Crippen molar-refractivity contribution in [2.24, 2.45) is 13.0 Å². The van der Waals surface area contributed by atoms with Gasteiger partial charge in [-0.05, 0) is 30.2 Å². The van der Waals surface area contributed by atoms with Gasteiger partial charge in [0.05, 0.1) is 23.7 Å². The van der Waals surface area contributed by atoms with Crippen LogP contribution in [0.15, 0.2) is 23.7 Å². The number of rotatable bonds is 4. The Kier molecular flexibility index (Phi) is 3.42. The molecule has 1 atom stereocenters. The number of anilines is 2. The highest BCUT2D eigenvalue weighted by Gasteiger charge is 2.35. The lowest BCUT2D eigenvalue weighted by Crippen LogP contribution is -2.36. The maximum atomic E-state index is 9.64. The van der Waals surface area contributed by atoms with Crippen LogP contribution in [0.1, 0.15) is 23.8 Å². The van der Waals surface area contributed by atoms with Crippen molar-refractivity contribution in [3.8, 4) is 0 Å². The summed E-state index contributed by atoms with van der Waals surface area (Å²) in [6.07, 6.45) is 3.06. The molecule has 120 valence electrons. The van der Waals surface area contributed by atoms with Gasteiger partial charge in [0.15, 0.2) is 5.65 Å². The first-order valence-electron chi connectivity index (χ1n) is 7.55. The molecule has 0 bridgehead atoms. The van der Waals surface area contributed by atoms with E-state index in [9.17, 15) is 5.11 Å². The van der Waals surface area contributed by atoms with Gasteiger partial charge < -0.3 is 16.2 Å². The summed E-state index contributed by atoms with van der Waals surface area (Å²) >= 11 is 1.69. The van der Waals surface area contributed by atoms with E-state index in [1.165, 1.54) is 4.88 Å². The van der Waals surface area contributed by atoms with Crippen molar-refractivity contribution in [2.45, 2.75) is 25.0 Å². The second-order valence-corrected chi connectivity index (χ2v) is 6.94. The number of nitrogens with one attached hydrogen (secondary N) is 1. The molecular weight excluding hydrogens is 312 g/mol. The zero-order valence-corrected chi connectivity index (χ0v) is 13.5. The number of aromatic nitrogens is 4. The highest BCUT2D eigenvalue weighted by molar-refractivity contribution is 7.10. The van der Waals surface area contributed by atoms with Gasteiger partial charge >= 0.3 is 0 Å². The molecule has 1 saturated carbocycles. The minimum Gasteiger partial charge on any atom is -0.393 e. The molecule has 3 aromatic rings. The van der Waals surface area contributed by atoms with E-state index in [4.69, 9.17) is 5.73 Å². The molecule has 0 amide bonds. The van der Waals surface area contributed by atoms with E-state index >= 15 is 0 Å². The Morgan fingerprint density at radius 1 is 1.43 bits per heavy atom. The highest BCUT2D eigenvalue weighted by Crippen LogP contribution is 2.41. The van der Waals surface area contributed by atoms with Crippen LogP contribution >= 0.6 is 11.3 Å². The fraction of sp³-hybridized carbons (Fsp3) is 0.400. The molecular formula is C15H18N6OS. The van der Waals surface area contributed by atoms with Gasteiger partial charge in [-0.3, -0.25) is 4.68 Å². The summed E-state index contributed by atoms with van der Waals surface area (Å²) in [5.74, 6) is 1.29. The number of hydrogen-bond acceptors (Lipinski definition) is 7. The van der Waals surface area contributed by atoms with Gasteiger partial charge in [0.25, 0.3) is 0 Å². The van der Waals surface area contributed by atoms with Crippen LogP contribution in [-0.2, 0) is 7.05 Å². The predicted molar refractivity (Wildman–Crippen MR) is 90.1 cm³/mol. The minimum atomic E-state index is -0.199. The Morgan fingerprint density at radius 2 is 2.26 bits per heavy atom. The van der Waals surface area contributed by atoms with Gasteiger partial charge in [0.1, 0.15) is 5.82 Å². The van der Waals surface area contributed by atoms with Crippen molar-refractivity contribution in [1.82, 2.24) is 19.7 Å². The van der Waals surface area contributed by atoms with Gasteiger partial charge in [-0.25, -0.2) is 0 Å². The fourth-order valence-corrected chi connectivity index (χ4v) is 3.91. The second kappa shape index (κ2) is 5.47. The first-order valence-corrected chi connectivity index (χ1v) is 8.43. The molecule has 3 aromatic heterocycles. The quantitative estimate of drug-likeness (QED) is 0.675. The van der Waals surface area contributed by atoms with E-state index < -0.39 is 0 Å². The summed E-state index contributed by atoms with van der Waals surface area (Å²) in [6.45, 7) is 0. The Balaban J connectivity index is 1.67. The molecule has 0 saturated heterocycles. The third kappa shape index (κ3) is 2.53. The van der Waals surface area contributed by atoms with Crippen LogP contribution in [0.2, 0.25) is 0 Å². The maximum Gasteiger partial charge on any atom is 0.227 e. The van der Waals surface area contributed by atoms with E-state index in [-0.39, 0.29) is 12.1 Å². The number of nitrogen functional groups attached to an aromatic ring is 1. The van der Waals surface area contributed by atoms with Crippen molar-refractivity contribution < 1.29 is 5.11 Å². The monoisotopic (exact) mass is 330 g/mol. The standard InChI is InChI=1S/C15H18N6OS/c1-21-14-10(7-17-21)13(16)19-15(20-14)18-12(8-5-9(22)6-8)11-3-2-4-23-11/h2-4,7-9,12,22H,5-6H2,1H3,(H3,16,18,19,20). The van der Waals surface area contributed by atoms with E-state index in [1.54, 1.807) is 22.2 Å². The summed E-state index contributed by atoms with van der Waals surface area (Å²) in [4.78, 5) is 10.1. The molecule has 4 N–H and O–H groups in total. The Morgan fingerprint density at radius 3 is 2.96 bits per heavy atom. The summed E-state index contributed by atoms with van der Waals surface area (Å²) < 4.78 is 1.69. The molecule has 0 spiro atoms. The number of fused-ring (bicyclic) bond motifs is 1. The SMILES string of the molecule is Cn1ncc2c(N)nc(NC(c3cccs3)C3CC(O)C3)nc21. The van der Waals surface area contributed by atoms with Crippen LogP contribution in [-0.4, -0.2) is 31.0 Å². The van der Waals surface area contributed by atoms with Gasteiger partial charge in [0.2, 0.25) is 5.95 Å². The van der Waals surface area contributed by atoms with Gasteiger partial charge in [-0.1, -0.05) is 6.07 Å². The molecule has 1 fully saturated rings. The zero-order chi connectivity index (χ0) is 16.0. The first-order chi connectivity index (χ1) is 11.1. The lowest BCUT2D eigenvalue weighted by Gasteiger charge is -2.37. The number of thiophene rings is 1. The third-order valence-electron chi connectivity index (χ3n) is 4.38. The number of aliphatic hydroxyl groups is 1. The third-order valence-corrected chi connectivity index (χ3v) is 5.33. The Hall–Kier alpha value is -2.19. The van der Waals surface area contributed by atoms with Gasteiger partial charge in [-0.2, -0.15) is 15.1 Å². The zero-order valence-electron chi connectivity index (χ0n) is 12.7. The molecule has 23 heavy (non-hydrogen) atoms. The first kappa shape index (κ1) is 14.4. The van der Waals surface area contributed by atoms with Crippen molar-refractivity contribution >= 4 is 34.1 Å². The van der Waals surface area contributed by atoms with Crippen molar-refractivity contribution in [2.75, 3.05) is 11.1 Å². The topological polar surface area (TPSA) is 102 Å². The van der Waals surface area contributed by atoms with E-state index in [2.05, 4.69) is 31.8 Å². The number of hydrogen-bond donors (Lipinski definition) is 3. The number of aryl methyl sites for hydroxylation is 1. The van der Waals surface area contributed by atoms with Crippen LogP contribution < -0.4 is 11.1 Å². The largest absolute Gasteiger partial charge is 0.393 e. The normalized spacial score (nSPS) is 22.0. The maximum absolute atomic E-state index is 9.64. The Labute approximate surface area is 137 Å². The van der Waals surface area contributed by atoms with Crippen LogP contribution in [0.25, 0.3) is 11.0 Å². The van der Waals surface area contributed by atoms with E-state index in [0.717, 1.165) is 18.2 Å². The molecule has 0 aliphatic heterocycles. The predicted octanol–water partition coefficient (Wildman–Crippen LogP) is 1.93. The number of nitrogens with two attached hydrogens (primary N) is 1. The van der Waals surface area contributed by atoms with Crippen LogP contribution in [0.4, 0.5) is 11.8 Å². The van der Waals surface area contributed by atoms with Crippen LogP contribution in [0, 0.1) is 5.92 Å².